The van der Waals surface area contributed by atoms with E-state index in [1.807, 2.05) is 48.2 Å². The summed E-state index contributed by atoms with van der Waals surface area (Å²) in [7, 11) is 0. The smallest absolute Gasteiger partial charge is 0.256 e. The second-order valence-electron chi connectivity index (χ2n) is 8.22. The maximum atomic E-state index is 13.4. The minimum absolute atomic E-state index is 0.0267. The summed E-state index contributed by atoms with van der Waals surface area (Å²) in [5.74, 6) is 0.451. The van der Waals surface area contributed by atoms with E-state index in [2.05, 4.69) is 21.0 Å². The Bertz CT molecular complexity index is 1280. The van der Waals surface area contributed by atoms with Gasteiger partial charge < -0.3 is 10.6 Å². The van der Waals surface area contributed by atoms with Crippen molar-refractivity contribution in [2.24, 2.45) is 0 Å². The molecule has 32 heavy (non-hydrogen) atoms. The zero-order valence-corrected chi connectivity index (χ0v) is 17.9. The number of carbonyl (C=O) groups is 1. The predicted octanol–water partition coefficient (Wildman–Crippen LogP) is 4.00. The van der Waals surface area contributed by atoms with Crippen LogP contribution < -0.4 is 5.73 Å². The molecule has 2 N–H and O–H groups in total. The number of anilines is 1. The topological polar surface area (TPSA) is 97.9 Å². The summed E-state index contributed by atoms with van der Waals surface area (Å²) in [6.45, 7) is 3.36. The van der Waals surface area contributed by atoms with Gasteiger partial charge >= 0.3 is 0 Å². The fourth-order valence-corrected chi connectivity index (χ4v) is 4.41. The number of nitrogens with zero attached hydrogens (tertiary/aromatic N) is 5. The molecule has 0 aliphatic carbocycles. The molecule has 3 aromatic heterocycles. The van der Waals surface area contributed by atoms with E-state index in [-0.39, 0.29) is 17.8 Å². The Morgan fingerprint density at radius 3 is 2.72 bits per heavy atom. The number of piperidine rings is 1. The molecule has 4 heterocycles. The van der Waals surface area contributed by atoms with Crippen LogP contribution in [0.25, 0.3) is 22.0 Å². The van der Waals surface area contributed by atoms with Crippen LogP contribution in [0.15, 0.2) is 61.1 Å². The van der Waals surface area contributed by atoms with Crippen molar-refractivity contribution >= 4 is 22.8 Å². The highest BCUT2D eigenvalue weighted by Crippen LogP contribution is 2.30. The molecular formula is C25H24N6O. The number of amides is 1. The lowest BCUT2D eigenvalue weighted by Crippen LogP contribution is -2.39. The van der Waals surface area contributed by atoms with E-state index in [9.17, 15) is 4.79 Å². The van der Waals surface area contributed by atoms with Crippen molar-refractivity contribution in [1.82, 2.24) is 24.8 Å². The number of hydrogen-bond acceptors (Lipinski definition) is 6. The van der Waals surface area contributed by atoms with E-state index in [1.165, 1.54) is 0 Å². The third-order valence-electron chi connectivity index (χ3n) is 5.97. The number of para-hydroxylation sites is 1. The summed E-state index contributed by atoms with van der Waals surface area (Å²) < 4.78 is 0. The van der Waals surface area contributed by atoms with Crippen molar-refractivity contribution in [1.29, 1.82) is 0 Å². The highest BCUT2D eigenvalue weighted by atomic mass is 16.2. The summed E-state index contributed by atoms with van der Waals surface area (Å²) in [5, 5.41) is 0.975. The number of rotatable bonds is 3. The minimum Gasteiger partial charge on any atom is -0.368 e. The van der Waals surface area contributed by atoms with Crippen LogP contribution >= 0.6 is 0 Å². The third-order valence-corrected chi connectivity index (χ3v) is 5.97. The maximum absolute atomic E-state index is 13.4. The van der Waals surface area contributed by atoms with Gasteiger partial charge in [-0.3, -0.25) is 14.8 Å². The van der Waals surface area contributed by atoms with Crippen LogP contribution in [0, 0.1) is 6.92 Å². The molecule has 1 aliphatic heterocycles. The Kier molecular flexibility index (Phi) is 5.23. The van der Waals surface area contributed by atoms with Gasteiger partial charge in [-0.1, -0.05) is 18.2 Å². The monoisotopic (exact) mass is 424 g/mol. The van der Waals surface area contributed by atoms with E-state index in [4.69, 9.17) is 10.7 Å². The molecular weight excluding hydrogens is 400 g/mol. The molecule has 1 amide bonds. The van der Waals surface area contributed by atoms with Crippen molar-refractivity contribution < 1.29 is 4.79 Å². The van der Waals surface area contributed by atoms with E-state index in [0.29, 0.717) is 12.1 Å². The largest absolute Gasteiger partial charge is 0.368 e. The molecule has 1 fully saturated rings. The van der Waals surface area contributed by atoms with Crippen molar-refractivity contribution in [3.63, 3.8) is 0 Å². The van der Waals surface area contributed by atoms with Gasteiger partial charge in [-0.2, -0.15) is 0 Å². The Balaban J connectivity index is 1.43. The lowest BCUT2D eigenvalue weighted by atomic mass is 9.92. The van der Waals surface area contributed by atoms with Gasteiger partial charge in [0.1, 0.15) is 0 Å². The van der Waals surface area contributed by atoms with E-state index in [0.717, 1.165) is 52.8 Å². The lowest BCUT2D eigenvalue weighted by molar-refractivity contribution is 0.0707. The van der Waals surface area contributed by atoms with Crippen LogP contribution in [0.3, 0.4) is 0 Å². The van der Waals surface area contributed by atoms with E-state index < -0.39 is 0 Å². The SMILES string of the molecule is Cc1cc(-c2cnc(N)nc2)cc([C@@H]2CCCN(C(=O)c3cccc4cccnc34)C2)n1. The van der Waals surface area contributed by atoms with Gasteiger partial charge in [-0.15, -0.1) is 0 Å². The number of nitrogens with two attached hydrogens (primary N) is 1. The van der Waals surface area contributed by atoms with Crippen molar-refractivity contribution in [2.75, 3.05) is 18.8 Å². The zero-order valence-electron chi connectivity index (χ0n) is 17.9. The van der Waals surface area contributed by atoms with Gasteiger partial charge in [0.25, 0.3) is 5.91 Å². The van der Waals surface area contributed by atoms with Crippen molar-refractivity contribution in [3.8, 4) is 11.1 Å². The molecule has 0 spiro atoms. The number of hydrogen-bond donors (Lipinski definition) is 1. The number of carbonyl (C=O) groups excluding carboxylic acids is 1. The molecule has 0 radical (unpaired) electrons. The summed E-state index contributed by atoms with van der Waals surface area (Å²) in [6.07, 6.45) is 7.11. The normalized spacial score (nSPS) is 16.3. The summed E-state index contributed by atoms with van der Waals surface area (Å²) in [4.78, 5) is 32.8. The zero-order chi connectivity index (χ0) is 22.1. The second-order valence-corrected chi connectivity index (χ2v) is 8.22. The minimum atomic E-state index is 0.0267. The molecule has 1 atom stereocenters. The average molecular weight is 425 g/mol. The molecule has 1 saturated heterocycles. The lowest BCUT2D eigenvalue weighted by Gasteiger charge is -2.33. The molecule has 1 aliphatic rings. The Labute approximate surface area is 186 Å². The number of likely N-dealkylation sites (tertiary alicyclic amines) is 1. The Hall–Kier alpha value is -3.87. The summed E-state index contributed by atoms with van der Waals surface area (Å²) >= 11 is 0. The first-order valence-corrected chi connectivity index (χ1v) is 10.8. The second kappa shape index (κ2) is 8.34. The summed E-state index contributed by atoms with van der Waals surface area (Å²) in [5.41, 5.74) is 10.9. The first kappa shape index (κ1) is 20.1. The number of fused-ring (bicyclic) bond motifs is 1. The van der Waals surface area contributed by atoms with Crippen molar-refractivity contribution in [3.05, 3.63) is 78.0 Å². The standard InChI is InChI=1S/C25H24N6O/c1-16-11-19(20-13-28-25(26)29-14-20)12-22(30-16)18-7-4-10-31(15-18)24(32)21-8-2-5-17-6-3-9-27-23(17)21/h2-3,5-6,8-9,11-14,18H,4,7,10,15H2,1H3,(H2,26,28,29)/t18-/m1/s1. The Morgan fingerprint density at radius 2 is 1.88 bits per heavy atom. The first-order valence-electron chi connectivity index (χ1n) is 10.8. The van der Waals surface area contributed by atoms with Crippen LogP contribution in [-0.4, -0.2) is 43.8 Å². The molecule has 0 unspecified atom stereocenters. The fraction of sp³-hybridized carbons (Fsp3) is 0.240. The van der Waals surface area contributed by atoms with E-state index in [1.54, 1.807) is 18.6 Å². The van der Waals surface area contributed by atoms with Crippen LogP contribution in [0.1, 0.15) is 40.5 Å². The number of nitrogen functional groups attached to an aromatic ring is 1. The number of pyridine rings is 2. The average Bonchev–Trinajstić information content (AvgIpc) is 2.83. The van der Waals surface area contributed by atoms with Gasteiger partial charge in [-0.05, 0) is 49.6 Å². The van der Waals surface area contributed by atoms with E-state index >= 15 is 0 Å². The summed E-state index contributed by atoms with van der Waals surface area (Å²) in [6, 6.07) is 13.7. The molecule has 1 aromatic carbocycles. The van der Waals surface area contributed by atoms with Crippen LogP contribution in [0.5, 0.6) is 0 Å². The van der Waals surface area contributed by atoms with Gasteiger partial charge in [-0.25, -0.2) is 9.97 Å². The maximum Gasteiger partial charge on any atom is 0.256 e. The highest BCUT2D eigenvalue weighted by molar-refractivity contribution is 6.05. The molecule has 160 valence electrons. The molecule has 0 bridgehead atoms. The first-order chi connectivity index (χ1) is 15.6. The quantitative estimate of drug-likeness (QED) is 0.534. The molecule has 0 saturated carbocycles. The van der Waals surface area contributed by atoms with Gasteiger partial charge in [0.15, 0.2) is 0 Å². The Morgan fingerprint density at radius 1 is 1.06 bits per heavy atom. The molecule has 7 nitrogen and oxygen atoms in total. The third kappa shape index (κ3) is 3.89. The van der Waals surface area contributed by atoms with Gasteiger partial charge in [0.2, 0.25) is 5.95 Å². The predicted molar refractivity (Wildman–Crippen MR) is 124 cm³/mol. The fourth-order valence-electron chi connectivity index (χ4n) is 4.41. The number of aromatic nitrogens is 4. The van der Waals surface area contributed by atoms with Gasteiger partial charge in [0.05, 0.1) is 11.1 Å². The van der Waals surface area contributed by atoms with Crippen LogP contribution in [0.4, 0.5) is 5.95 Å². The molecule has 7 heteroatoms. The van der Waals surface area contributed by atoms with Crippen LogP contribution in [0.2, 0.25) is 0 Å². The van der Waals surface area contributed by atoms with Crippen molar-refractivity contribution in [2.45, 2.75) is 25.7 Å². The molecule has 5 rings (SSSR count). The van der Waals surface area contributed by atoms with Gasteiger partial charge in [0, 0.05) is 59.9 Å². The van der Waals surface area contributed by atoms with Crippen LogP contribution in [-0.2, 0) is 0 Å². The number of benzene rings is 1. The highest BCUT2D eigenvalue weighted by Gasteiger charge is 2.27. The number of aryl methyl sites for hydroxylation is 1. The molecule has 4 aromatic rings.